The number of fused-ring (bicyclic) bond motifs is 4. The van der Waals surface area contributed by atoms with Gasteiger partial charge in [0, 0.05) is 22.5 Å². The van der Waals surface area contributed by atoms with E-state index in [2.05, 4.69) is 207 Å². The van der Waals surface area contributed by atoms with Gasteiger partial charge in [-0.2, -0.15) is 0 Å². The Morgan fingerprint density at radius 3 is 1.56 bits per heavy atom. The Bertz CT molecular complexity index is 2520. The van der Waals surface area contributed by atoms with Gasteiger partial charge < -0.3 is 4.90 Å². The van der Waals surface area contributed by atoms with Crippen molar-refractivity contribution in [3.8, 4) is 22.3 Å². The summed E-state index contributed by atoms with van der Waals surface area (Å²) in [7, 11) is 0. The van der Waals surface area contributed by atoms with E-state index in [9.17, 15) is 0 Å². The fourth-order valence-corrected chi connectivity index (χ4v) is 7.87. The summed E-state index contributed by atoms with van der Waals surface area (Å²) in [5, 5.41) is 5.11. The van der Waals surface area contributed by atoms with E-state index in [-0.39, 0.29) is 5.41 Å². The second-order valence-electron chi connectivity index (χ2n) is 13.8. The van der Waals surface area contributed by atoms with Crippen LogP contribution >= 0.6 is 0 Å². The molecule has 0 saturated carbocycles. The normalized spacial score (nSPS) is 13.3. The van der Waals surface area contributed by atoms with Gasteiger partial charge >= 0.3 is 0 Å². The molecule has 0 aromatic heterocycles. The van der Waals surface area contributed by atoms with Crippen LogP contribution in [-0.2, 0) is 5.41 Å². The zero-order valence-electron chi connectivity index (χ0n) is 28.3. The molecule has 0 bridgehead atoms. The first-order valence-electron chi connectivity index (χ1n) is 17.4. The number of benzene rings is 8. The SMILES string of the molecule is CC1(C)C(c2ccc(N(c3ccc(-c4ccccc4)cc3)c3ccc(-c4cc5ccccc5c5ccccc45)cc3)cc2)=Cc2ccccc21. The first-order chi connectivity index (χ1) is 24.5. The van der Waals surface area contributed by atoms with Crippen molar-refractivity contribution < 1.29 is 0 Å². The molecule has 0 radical (unpaired) electrons. The van der Waals surface area contributed by atoms with E-state index >= 15 is 0 Å². The van der Waals surface area contributed by atoms with Gasteiger partial charge in [-0.05, 0) is 115 Å². The third-order valence-electron chi connectivity index (χ3n) is 10.5. The molecule has 0 unspecified atom stereocenters. The van der Waals surface area contributed by atoms with Crippen molar-refractivity contribution >= 4 is 50.3 Å². The van der Waals surface area contributed by atoms with E-state index in [1.54, 1.807) is 0 Å². The molecular formula is C49H37N. The van der Waals surface area contributed by atoms with Gasteiger partial charge in [-0.1, -0.05) is 153 Å². The van der Waals surface area contributed by atoms with Crippen molar-refractivity contribution in [2.24, 2.45) is 0 Å². The second kappa shape index (κ2) is 12.1. The van der Waals surface area contributed by atoms with Gasteiger partial charge in [0.2, 0.25) is 0 Å². The third kappa shape index (κ3) is 5.11. The molecule has 0 aliphatic heterocycles. The van der Waals surface area contributed by atoms with Crippen LogP contribution in [-0.4, -0.2) is 0 Å². The summed E-state index contributed by atoms with van der Waals surface area (Å²) in [4.78, 5) is 2.36. The molecule has 0 amide bonds. The molecule has 238 valence electrons. The summed E-state index contributed by atoms with van der Waals surface area (Å²) in [5.41, 5.74) is 13.5. The number of anilines is 3. The lowest BCUT2D eigenvalue weighted by atomic mass is 9.78. The van der Waals surface area contributed by atoms with Crippen molar-refractivity contribution in [1.82, 2.24) is 0 Å². The molecule has 8 aromatic carbocycles. The first kappa shape index (κ1) is 29.9. The molecule has 9 rings (SSSR count). The second-order valence-corrected chi connectivity index (χ2v) is 13.8. The van der Waals surface area contributed by atoms with Gasteiger partial charge in [0.25, 0.3) is 0 Å². The lowest BCUT2D eigenvalue weighted by Crippen LogP contribution is -2.16. The summed E-state index contributed by atoms with van der Waals surface area (Å²) < 4.78 is 0. The molecule has 0 fully saturated rings. The molecule has 0 heterocycles. The van der Waals surface area contributed by atoms with Crippen LogP contribution in [0.3, 0.4) is 0 Å². The van der Waals surface area contributed by atoms with Crippen LogP contribution in [0, 0.1) is 0 Å². The number of hydrogen-bond acceptors (Lipinski definition) is 1. The molecule has 1 aliphatic rings. The summed E-state index contributed by atoms with van der Waals surface area (Å²) >= 11 is 0. The predicted octanol–water partition coefficient (Wildman–Crippen LogP) is 13.6. The minimum absolute atomic E-state index is 0.0478. The molecule has 50 heavy (non-hydrogen) atoms. The lowest BCUT2D eigenvalue weighted by Gasteiger charge is -2.28. The smallest absolute Gasteiger partial charge is 0.0462 e. The maximum Gasteiger partial charge on any atom is 0.0462 e. The van der Waals surface area contributed by atoms with E-state index in [0.717, 1.165) is 17.1 Å². The van der Waals surface area contributed by atoms with Crippen molar-refractivity contribution in [3.63, 3.8) is 0 Å². The van der Waals surface area contributed by atoms with Crippen molar-refractivity contribution in [2.75, 3.05) is 4.90 Å². The Kier molecular flexibility index (Phi) is 7.21. The highest BCUT2D eigenvalue weighted by atomic mass is 15.1. The highest BCUT2D eigenvalue weighted by Crippen LogP contribution is 2.47. The van der Waals surface area contributed by atoms with Crippen LogP contribution < -0.4 is 4.90 Å². The molecule has 1 aliphatic carbocycles. The van der Waals surface area contributed by atoms with Gasteiger partial charge in [0.15, 0.2) is 0 Å². The summed E-state index contributed by atoms with van der Waals surface area (Å²) in [5.74, 6) is 0. The average Bonchev–Trinajstić information content (AvgIpc) is 3.45. The Morgan fingerprint density at radius 2 is 0.900 bits per heavy atom. The minimum atomic E-state index is -0.0478. The minimum Gasteiger partial charge on any atom is -0.311 e. The molecule has 8 aromatic rings. The zero-order valence-corrected chi connectivity index (χ0v) is 28.3. The maximum absolute atomic E-state index is 2.36. The third-order valence-corrected chi connectivity index (χ3v) is 10.5. The zero-order chi connectivity index (χ0) is 33.7. The van der Waals surface area contributed by atoms with Crippen LogP contribution in [0.25, 0.3) is 55.4 Å². The number of nitrogens with zero attached hydrogens (tertiary/aromatic N) is 1. The molecule has 1 heteroatoms. The van der Waals surface area contributed by atoms with Gasteiger partial charge in [0.1, 0.15) is 0 Å². The number of allylic oxidation sites excluding steroid dienone is 1. The van der Waals surface area contributed by atoms with Gasteiger partial charge in [0.05, 0.1) is 0 Å². The van der Waals surface area contributed by atoms with Crippen LogP contribution in [0.2, 0.25) is 0 Å². The highest BCUT2D eigenvalue weighted by molar-refractivity contribution is 6.13. The first-order valence-corrected chi connectivity index (χ1v) is 17.4. The summed E-state index contributed by atoms with van der Waals surface area (Å²) in [6, 6.07) is 66.2. The fraction of sp³-hybridized carbons (Fsp3) is 0.0612. The quantitative estimate of drug-likeness (QED) is 0.164. The molecule has 0 saturated heterocycles. The molecular weight excluding hydrogens is 603 g/mol. The lowest BCUT2D eigenvalue weighted by molar-refractivity contribution is 0.704. The van der Waals surface area contributed by atoms with E-state index < -0.39 is 0 Å². The van der Waals surface area contributed by atoms with Gasteiger partial charge in [-0.15, -0.1) is 0 Å². The molecule has 0 N–H and O–H groups in total. The van der Waals surface area contributed by atoms with Crippen LogP contribution in [0.5, 0.6) is 0 Å². The maximum atomic E-state index is 2.36. The number of rotatable bonds is 6. The molecule has 0 atom stereocenters. The van der Waals surface area contributed by atoms with Crippen LogP contribution in [0.4, 0.5) is 17.1 Å². The largest absolute Gasteiger partial charge is 0.311 e. The molecule has 0 spiro atoms. The van der Waals surface area contributed by atoms with E-state index in [1.807, 2.05) is 0 Å². The van der Waals surface area contributed by atoms with Crippen LogP contribution in [0.15, 0.2) is 182 Å². The highest BCUT2D eigenvalue weighted by Gasteiger charge is 2.33. The Balaban J connectivity index is 1.12. The van der Waals surface area contributed by atoms with E-state index in [1.165, 1.54) is 66.1 Å². The fourth-order valence-electron chi connectivity index (χ4n) is 7.87. The summed E-state index contributed by atoms with van der Waals surface area (Å²) in [6.45, 7) is 4.67. The standard InChI is InChI=1S/C49H37N/c1-49(2)47-19-11-7-15-39(47)33-48(49)37-24-30-42(31-25-37)50(40-26-20-35(21-27-40)34-12-4-3-5-13-34)41-28-22-36(23-29-41)46-32-38-14-6-8-16-43(38)44-17-9-10-18-45(44)46/h3-33H,1-2H3. The van der Waals surface area contributed by atoms with Crippen molar-refractivity contribution in [2.45, 2.75) is 19.3 Å². The van der Waals surface area contributed by atoms with E-state index in [4.69, 9.17) is 0 Å². The van der Waals surface area contributed by atoms with Crippen molar-refractivity contribution in [3.05, 3.63) is 199 Å². The summed E-state index contributed by atoms with van der Waals surface area (Å²) in [6.07, 6.45) is 2.36. The Morgan fingerprint density at radius 1 is 0.400 bits per heavy atom. The van der Waals surface area contributed by atoms with Gasteiger partial charge in [-0.25, -0.2) is 0 Å². The monoisotopic (exact) mass is 639 g/mol. The van der Waals surface area contributed by atoms with E-state index in [0.29, 0.717) is 0 Å². The Labute approximate surface area is 294 Å². The van der Waals surface area contributed by atoms with Crippen LogP contribution in [0.1, 0.15) is 30.5 Å². The average molecular weight is 640 g/mol. The topological polar surface area (TPSA) is 3.24 Å². The van der Waals surface area contributed by atoms with Crippen molar-refractivity contribution in [1.29, 1.82) is 0 Å². The Hall–Kier alpha value is -6.18. The van der Waals surface area contributed by atoms with Gasteiger partial charge in [-0.3, -0.25) is 0 Å². The molecule has 1 nitrogen and oxygen atoms in total. The number of hydrogen-bond donors (Lipinski definition) is 0. The predicted molar refractivity (Wildman–Crippen MR) is 214 cm³/mol.